The number of para-hydroxylation sites is 2. The molecule has 33 heavy (non-hydrogen) atoms. The average molecular weight is 446 g/mol. The Morgan fingerprint density at radius 1 is 1.06 bits per heavy atom. The first-order valence-corrected chi connectivity index (χ1v) is 10.2. The van der Waals surface area contributed by atoms with E-state index < -0.39 is 11.5 Å². The molecule has 0 aliphatic rings. The quantitative estimate of drug-likeness (QED) is 0.450. The van der Waals surface area contributed by atoms with Crippen molar-refractivity contribution in [1.82, 2.24) is 25.5 Å². The van der Waals surface area contributed by atoms with Gasteiger partial charge in [0.05, 0.1) is 5.69 Å². The number of rotatable bonds is 5. The van der Waals surface area contributed by atoms with Gasteiger partial charge in [0, 0.05) is 16.5 Å². The lowest BCUT2D eigenvalue weighted by Gasteiger charge is -2.19. The lowest BCUT2D eigenvalue weighted by Crippen LogP contribution is -2.42. The topological polar surface area (TPSA) is 132 Å². The van der Waals surface area contributed by atoms with Gasteiger partial charge in [-0.1, -0.05) is 30.3 Å². The minimum absolute atomic E-state index is 0.100. The monoisotopic (exact) mass is 446 g/mol. The molecule has 0 saturated heterocycles. The van der Waals surface area contributed by atoms with E-state index in [0.29, 0.717) is 22.2 Å². The highest BCUT2D eigenvalue weighted by Crippen LogP contribution is 2.25. The predicted octanol–water partition coefficient (Wildman–Crippen LogP) is 2.61. The fraction of sp³-hybridized carbons (Fsp3) is 0.217. The third kappa shape index (κ3) is 5.12. The van der Waals surface area contributed by atoms with Crippen LogP contribution in [0.2, 0.25) is 0 Å². The molecule has 0 radical (unpaired) electrons. The van der Waals surface area contributed by atoms with Gasteiger partial charge in [0.25, 0.3) is 5.91 Å². The zero-order valence-corrected chi connectivity index (χ0v) is 18.3. The zero-order chi connectivity index (χ0) is 23.6. The second-order valence-electron chi connectivity index (χ2n) is 8.43. The van der Waals surface area contributed by atoms with Crippen LogP contribution >= 0.6 is 0 Å². The van der Waals surface area contributed by atoms with Crippen LogP contribution in [0.5, 0.6) is 0 Å². The van der Waals surface area contributed by atoms with Crippen LogP contribution in [0.15, 0.2) is 63.8 Å². The molecule has 0 spiro atoms. The number of nitrogens with zero attached hydrogens (tertiary/aromatic N) is 4. The van der Waals surface area contributed by atoms with Crippen molar-refractivity contribution >= 4 is 28.5 Å². The lowest BCUT2D eigenvalue weighted by molar-refractivity contribution is -0.123. The maximum atomic E-state index is 12.9. The summed E-state index contributed by atoms with van der Waals surface area (Å²) in [6, 6.07) is 15.3. The lowest BCUT2D eigenvalue weighted by atomic mass is 10.1. The molecule has 0 aliphatic heterocycles. The molecule has 168 valence electrons. The van der Waals surface area contributed by atoms with Gasteiger partial charge in [-0.3, -0.25) is 9.59 Å². The van der Waals surface area contributed by atoms with Gasteiger partial charge in [0.15, 0.2) is 0 Å². The molecule has 10 nitrogen and oxygen atoms in total. The third-order valence-corrected chi connectivity index (χ3v) is 4.55. The molecular formula is C23H22N6O4. The average Bonchev–Trinajstić information content (AvgIpc) is 3.20. The van der Waals surface area contributed by atoms with E-state index in [1.807, 2.05) is 20.8 Å². The summed E-state index contributed by atoms with van der Waals surface area (Å²) >= 11 is 0. The first-order chi connectivity index (χ1) is 15.7. The SMILES string of the molecule is CC(C)(C)NC(=O)Cn1nnc(-c2ccccc2NC(=O)c2cc3ccccc3oc2=O)n1. The number of aromatic nitrogens is 4. The Bertz CT molecular complexity index is 1400. The van der Waals surface area contributed by atoms with E-state index in [0.717, 1.165) is 0 Å². The molecule has 4 aromatic rings. The van der Waals surface area contributed by atoms with E-state index in [4.69, 9.17) is 4.42 Å². The Kier molecular flexibility index (Phi) is 5.74. The number of anilines is 1. The van der Waals surface area contributed by atoms with Crippen LogP contribution < -0.4 is 16.3 Å². The standard InChI is InChI=1S/C23H22N6O4/c1-23(2,3)25-19(30)13-29-27-20(26-28-29)15-9-5-6-10-17(15)24-21(31)16-12-14-8-4-7-11-18(14)33-22(16)32/h4-12H,13H2,1-3H3,(H,24,31)(H,25,30). The molecule has 4 rings (SSSR count). The van der Waals surface area contributed by atoms with E-state index in [9.17, 15) is 14.4 Å². The van der Waals surface area contributed by atoms with Crippen LogP contribution in [0.1, 0.15) is 31.1 Å². The van der Waals surface area contributed by atoms with Crippen molar-refractivity contribution < 1.29 is 14.0 Å². The van der Waals surface area contributed by atoms with Crippen LogP contribution in [0.4, 0.5) is 5.69 Å². The molecule has 0 aliphatic carbocycles. The van der Waals surface area contributed by atoms with Gasteiger partial charge >= 0.3 is 5.63 Å². The van der Waals surface area contributed by atoms with Gasteiger partial charge in [0.1, 0.15) is 17.7 Å². The van der Waals surface area contributed by atoms with Gasteiger partial charge in [-0.25, -0.2) is 4.79 Å². The Morgan fingerprint density at radius 3 is 2.58 bits per heavy atom. The summed E-state index contributed by atoms with van der Waals surface area (Å²) in [5.74, 6) is -0.657. The van der Waals surface area contributed by atoms with Crippen molar-refractivity contribution in [3.8, 4) is 11.4 Å². The van der Waals surface area contributed by atoms with Gasteiger partial charge in [-0.05, 0) is 50.3 Å². The number of carbonyl (C=O) groups excluding carboxylic acids is 2. The minimum Gasteiger partial charge on any atom is -0.422 e. The normalized spacial score (nSPS) is 11.4. The Morgan fingerprint density at radius 2 is 1.79 bits per heavy atom. The molecule has 0 fully saturated rings. The third-order valence-electron chi connectivity index (χ3n) is 4.55. The summed E-state index contributed by atoms with van der Waals surface area (Å²) in [6.07, 6.45) is 0. The maximum Gasteiger partial charge on any atom is 0.349 e. The fourth-order valence-electron chi connectivity index (χ4n) is 3.20. The van der Waals surface area contributed by atoms with Crippen molar-refractivity contribution in [2.75, 3.05) is 5.32 Å². The number of hydrogen-bond donors (Lipinski definition) is 2. The molecule has 0 saturated carbocycles. The highest BCUT2D eigenvalue weighted by atomic mass is 16.4. The number of hydrogen-bond acceptors (Lipinski definition) is 7. The van der Waals surface area contributed by atoms with Crippen LogP contribution in [0.25, 0.3) is 22.4 Å². The van der Waals surface area contributed by atoms with E-state index >= 15 is 0 Å². The number of amides is 2. The molecule has 2 aromatic carbocycles. The molecule has 0 atom stereocenters. The fourth-order valence-corrected chi connectivity index (χ4v) is 3.20. The summed E-state index contributed by atoms with van der Waals surface area (Å²) in [6.45, 7) is 5.53. The maximum absolute atomic E-state index is 12.9. The predicted molar refractivity (Wildman–Crippen MR) is 122 cm³/mol. The van der Waals surface area contributed by atoms with Crippen LogP contribution in [-0.2, 0) is 11.3 Å². The smallest absolute Gasteiger partial charge is 0.349 e. The van der Waals surface area contributed by atoms with Crippen molar-refractivity contribution in [2.45, 2.75) is 32.9 Å². The highest BCUT2D eigenvalue weighted by Gasteiger charge is 2.19. The first kappa shape index (κ1) is 21.9. The summed E-state index contributed by atoms with van der Waals surface area (Å²) in [4.78, 5) is 38.5. The number of nitrogens with one attached hydrogen (secondary N) is 2. The Labute approximate surface area is 188 Å². The van der Waals surface area contributed by atoms with Gasteiger partial charge in [0.2, 0.25) is 11.7 Å². The van der Waals surface area contributed by atoms with Gasteiger partial charge in [-0.15, -0.1) is 10.2 Å². The van der Waals surface area contributed by atoms with Crippen molar-refractivity contribution in [3.63, 3.8) is 0 Å². The number of fused-ring (bicyclic) bond motifs is 1. The summed E-state index contributed by atoms with van der Waals surface area (Å²) in [5, 5.41) is 18.4. The molecule has 0 bridgehead atoms. The summed E-state index contributed by atoms with van der Waals surface area (Å²) < 4.78 is 5.25. The molecule has 2 amide bonds. The van der Waals surface area contributed by atoms with Crippen LogP contribution in [0.3, 0.4) is 0 Å². The molecular weight excluding hydrogens is 424 g/mol. The van der Waals surface area contributed by atoms with Crippen LogP contribution in [-0.4, -0.2) is 37.6 Å². The molecule has 2 N–H and O–H groups in total. The molecule has 2 aromatic heterocycles. The summed E-state index contributed by atoms with van der Waals surface area (Å²) in [7, 11) is 0. The van der Waals surface area contributed by atoms with Crippen molar-refractivity contribution in [1.29, 1.82) is 0 Å². The minimum atomic E-state index is -0.738. The van der Waals surface area contributed by atoms with E-state index in [1.165, 1.54) is 10.9 Å². The Balaban J connectivity index is 1.57. The second kappa shape index (κ2) is 8.65. The van der Waals surface area contributed by atoms with Crippen LogP contribution in [0, 0.1) is 0 Å². The largest absolute Gasteiger partial charge is 0.422 e. The van der Waals surface area contributed by atoms with Gasteiger partial charge < -0.3 is 15.1 Å². The van der Waals surface area contributed by atoms with Crippen molar-refractivity contribution in [2.24, 2.45) is 0 Å². The first-order valence-electron chi connectivity index (χ1n) is 10.2. The molecule has 2 heterocycles. The van der Waals surface area contributed by atoms with Crippen molar-refractivity contribution in [3.05, 3.63) is 70.6 Å². The van der Waals surface area contributed by atoms with E-state index in [2.05, 4.69) is 26.0 Å². The Hall–Kier alpha value is -4.34. The zero-order valence-electron chi connectivity index (χ0n) is 18.3. The molecule has 10 heteroatoms. The molecule has 0 unspecified atom stereocenters. The highest BCUT2D eigenvalue weighted by molar-refractivity contribution is 6.07. The van der Waals surface area contributed by atoms with Gasteiger partial charge in [-0.2, -0.15) is 4.80 Å². The van der Waals surface area contributed by atoms with E-state index in [-0.39, 0.29) is 29.4 Å². The number of benzene rings is 2. The number of carbonyl (C=O) groups is 2. The second-order valence-corrected chi connectivity index (χ2v) is 8.43. The van der Waals surface area contributed by atoms with E-state index in [1.54, 1.807) is 48.5 Å². The number of tetrazole rings is 1. The summed E-state index contributed by atoms with van der Waals surface area (Å²) in [5.41, 5.74) is 0.0203.